The number of nitrogens with zero attached hydrogens (tertiary/aromatic N) is 1. The molecular formula is C15H30N2O. The predicted molar refractivity (Wildman–Crippen MR) is 75.7 cm³/mol. The molecule has 0 unspecified atom stereocenters. The van der Waals surface area contributed by atoms with Crippen molar-refractivity contribution in [1.29, 1.82) is 0 Å². The van der Waals surface area contributed by atoms with Gasteiger partial charge in [-0.2, -0.15) is 0 Å². The van der Waals surface area contributed by atoms with Crippen LogP contribution in [0.2, 0.25) is 0 Å². The lowest BCUT2D eigenvalue weighted by Gasteiger charge is -2.43. The molecule has 1 saturated heterocycles. The molecule has 3 heteroatoms. The molecule has 2 aliphatic rings. The van der Waals surface area contributed by atoms with E-state index < -0.39 is 0 Å². The highest BCUT2D eigenvalue weighted by Gasteiger charge is 2.34. The topological polar surface area (TPSA) is 38.5 Å². The van der Waals surface area contributed by atoms with Crippen molar-refractivity contribution in [2.45, 2.75) is 56.9 Å². The highest BCUT2D eigenvalue weighted by molar-refractivity contribution is 4.92. The number of ether oxygens (including phenoxy) is 1. The maximum atomic E-state index is 6.15. The first-order chi connectivity index (χ1) is 8.77. The van der Waals surface area contributed by atoms with Crippen LogP contribution in [0, 0.1) is 5.92 Å². The summed E-state index contributed by atoms with van der Waals surface area (Å²) in [4.78, 5) is 2.59. The largest absolute Gasteiger partial charge is 0.381 e. The quantitative estimate of drug-likeness (QED) is 0.783. The second-order valence-corrected chi connectivity index (χ2v) is 6.28. The third kappa shape index (κ3) is 3.46. The van der Waals surface area contributed by atoms with Crippen LogP contribution in [0.1, 0.15) is 51.4 Å². The van der Waals surface area contributed by atoms with Gasteiger partial charge in [-0.3, -0.25) is 4.90 Å². The Morgan fingerprint density at radius 3 is 2.28 bits per heavy atom. The molecule has 106 valence electrons. The van der Waals surface area contributed by atoms with Gasteiger partial charge in [0.1, 0.15) is 0 Å². The minimum Gasteiger partial charge on any atom is -0.381 e. The van der Waals surface area contributed by atoms with E-state index in [-0.39, 0.29) is 5.54 Å². The van der Waals surface area contributed by atoms with Crippen molar-refractivity contribution in [2.24, 2.45) is 11.7 Å². The van der Waals surface area contributed by atoms with Crippen molar-refractivity contribution >= 4 is 0 Å². The fourth-order valence-corrected chi connectivity index (χ4v) is 3.64. The van der Waals surface area contributed by atoms with E-state index in [0.717, 1.165) is 25.7 Å². The molecule has 0 amide bonds. The molecule has 0 aromatic heterocycles. The van der Waals surface area contributed by atoms with Gasteiger partial charge in [-0.05, 0) is 38.6 Å². The highest BCUT2D eigenvalue weighted by Crippen LogP contribution is 2.32. The van der Waals surface area contributed by atoms with Gasteiger partial charge >= 0.3 is 0 Å². The molecule has 18 heavy (non-hydrogen) atoms. The molecule has 0 aromatic rings. The van der Waals surface area contributed by atoms with Crippen LogP contribution in [0.5, 0.6) is 0 Å². The van der Waals surface area contributed by atoms with E-state index in [4.69, 9.17) is 10.5 Å². The Labute approximate surface area is 112 Å². The van der Waals surface area contributed by atoms with Crippen LogP contribution in [0.25, 0.3) is 0 Å². The van der Waals surface area contributed by atoms with Crippen molar-refractivity contribution in [1.82, 2.24) is 4.90 Å². The molecule has 3 nitrogen and oxygen atoms in total. The molecule has 0 radical (unpaired) electrons. The Morgan fingerprint density at radius 1 is 1.11 bits per heavy atom. The zero-order chi connectivity index (χ0) is 12.8. The maximum absolute atomic E-state index is 6.15. The Hall–Kier alpha value is -0.120. The number of rotatable bonds is 4. The summed E-state index contributed by atoms with van der Waals surface area (Å²) in [5.74, 6) is 0.815. The van der Waals surface area contributed by atoms with Gasteiger partial charge < -0.3 is 10.5 Å². The van der Waals surface area contributed by atoms with E-state index in [1.807, 2.05) is 0 Å². The molecule has 0 atom stereocenters. The van der Waals surface area contributed by atoms with Crippen LogP contribution in [-0.2, 0) is 4.74 Å². The Bertz CT molecular complexity index is 231. The Kier molecular flexibility index (Phi) is 5.46. The fourth-order valence-electron chi connectivity index (χ4n) is 3.64. The minimum absolute atomic E-state index is 0.287. The van der Waals surface area contributed by atoms with Crippen molar-refractivity contribution in [3.05, 3.63) is 0 Å². The summed E-state index contributed by atoms with van der Waals surface area (Å²) in [5, 5.41) is 0. The lowest BCUT2D eigenvalue weighted by molar-refractivity contribution is 0.0296. The van der Waals surface area contributed by atoms with Crippen LogP contribution < -0.4 is 5.73 Å². The number of hydrogen-bond acceptors (Lipinski definition) is 3. The average Bonchev–Trinajstić information content (AvgIpc) is 2.66. The zero-order valence-corrected chi connectivity index (χ0v) is 12.0. The summed E-state index contributed by atoms with van der Waals surface area (Å²) in [7, 11) is 2.30. The van der Waals surface area contributed by atoms with Crippen LogP contribution in [0.3, 0.4) is 0 Å². The molecule has 1 aliphatic carbocycles. The molecule has 1 heterocycles. The van der Waals surface area contributed by atoms with Gasteiger partial charge in [-0.25, -0.2) is 0 Å². The average molecular weight is 254 g/mol. The number of nitrogens with two attached hydrogens (primary N) is 1. The summed E-state index contributed by atoms with van der Waals surface area (Å²) in [6.07, 6.45) is 10.5. The summed E-state index contributed by atoms with van der Waals surface area (Å²) in [5.41, 5.74) is 6.43. The summed E-state index contributed by atoms with van der Waals surface area (Å²) in [6.45, 7) is 3.94. The van der Waals surface area contributed by atoms with E-state index in [2.05, 4.69) is 11.9 Å². The molecule has 0 spiro atoms. The lowest BCUT2D eigenvalue weighted by atomic mass is 9.87. The standard InChI is InChI=1S/C15H30N2O/c1-17(12-14-6-10-18-11-7-14)15(13-16)8-4-2-3-5-9-15/h14H,2-13,16H2,1H3. The third-order valence-corrected chi connectivity index (χ3v) is 5.10. The SMILES string of the molecule is CN(CC1CCOCC1)C1(CN)CCCCCC1. The molecule has 1 aliphatic heterocycles. The first-order valence-corrected chi connectivity index (χ1v) is 7.76. The molecule has 2 fully saturated rings. The molecular weight excluding hydrogens is 224 g/mol. The Morgan fingerprint density at radius 2 is 1.72 bits per heavy atom. The zero-order valence-electron chi connectivity index (χ0n) is 12.0. The van der Waals surface area contributed by atoms with E-state index in [1.54, 1.807) is 0 Å². The number of hydrogen-bond donors (Lipinski definition) is 1. The molecule has 0 aromatic carbocycles. The second kappa shape index (κ2) is 6.88. The van der Waals surface area contributed by atoms with Gasteiger partial charge in [0, 0.05) is 31.8 Å². The second-order valence-electron chi connectivity index (χ2n) is 6.28. The van der Waals surface area contributed by atoms with Gasteiger partial charge in [0.05, 0.1) is 0 Å². The van der Waals surface area contributed by atoms with Crippen LogP contribution in [-0.4, -0.2) is 43.8 Å². The van der Waals surface area contributed by atoms with E-state index in [0.29, 0.717) is 0 Å². The summed E-state index contributed by atoms with van der Waals surface area (Å²) < 4.78 is 5.46. The van der Waals surface area contributed by atoms with Crippen molar-refractivity contribution in [3.63, 3.8) is 0 Å². The van der Waals surface area contributed by atoms with Gasteiger partial charge in [0.15, 0.2) is 0 Å². The minimum atomic E-state index is 0.287. The van der Waals surface area contributed by atoms with Crippen molar-refractivity contribution < 1.29 is 4.74 Å². The van der Waals surface area contributed by atoms with E-state index in [9.17, 15) is 0 Å². The van der Waals surface area contributed by atoms with Crippen molar-refractivity contribution in [2.75, 3.05) is 33.4 Å². The first kappa shape index (κ1) is 14.3. The van der Waals surface area contributed by atoms with Gasteiger partial charge in [-0.15, -0.1) is 0 Å². The molecule has 2 N–H and O–H groups in total. The third-order valence-electron chi connectivity index (χ3n) is 5.10. The van der Waals surface area contributed by atoms with Gasteiger partial charge in [0.2, 0.25) is 0 Å². The van der Waals surface area contributed by atoms with Gasteiger partial charge in [-0.1, -0.05) is 25.7 Å². The molecule has 0 bridgehead atoms. The smallest absolute Gasteiger partial charge is 0.0469 e. The van der Waals surface area contributed by atoms with E-state index in [1.165, 1.54) is 57.9 Å². The molecule has 2 rings (SSSR count). The van der Waals surface area contributed by atoms with Crippen LogP contribution >= 0.6 is 0 Å². The lowest BCUT2D eigenvalue weighted by Crippen LogP contribution is -2.53. The molecule has 1 saturated carbocycles. The number of likely N-dealkylation sites (N-methyl/N-ethyl adjacent to an activating group) is 1. The van der Waals surface area contributed by atoms with E-state index >= 15 is 0 Å². The van der Waals surface area contributed by atoms with Crippen LogP contribution in [0.15, 0.2) is 0 Å². The van der Waals surface area contributed by atoms with Crippen LogP contribution in [0.4, 0.5) is 0 Å². The van der Waals surface area contributed by atoms with Gasteiger partial charge in [0.25, 0.3) is 0 Å². The first-order valence-electron chi connectivity index (χ1n) is 7.76. The predicted octanol–water partition coefficient (Wildman–Crippen LogP) is 2.40. The summed E-state index contributed by atoms with van der Waals surface area (Å²) >= 11 is 0. The fraction of sp³-hybridized carbons (Fsp3) is 1.00. The summed E-state index contributed by atoms with van der Waals surface area (Å²) in [6, 6.07) is 0. The monoisotopic (exact) mass is 254 g/mol. The van der Waals surface area contributed by atoms with Crippen molar-refractivity contribution in [3.8, 4) is 0 Å². The highest BCUT2D eigenvalue weighted by atomic mass is 16.5. The maximum Gasteiger partial charge on any atom is 0.0469 e. The normalized spacial score (nSPS) is 26.2. The Balaban J connectivity index is 1.92.